The summed E-state index contributed by atoms with van der Waals surface area (Å²) in [5.74, 6) is 0.0348. The van der Waals surface area contributed by atoms with Gasteiger partial charge in [0.05, 0.1) is 5.56 Å². The number of benzene rings is 1. The number of carbonyl (C=O) groups excluding carboxylic acids is 1. The van der Waals surface area contributed by atoms with E-state index in [4.69, 9.17) is 5.11 Å². The van der Waals surface area contributed by atoms with Gasteiger partial charge in [0.25, 0.3) is 5.91 Å². The van der Waals surface area contributed by atoms with E-state index in [1.54, 1.807) is 23.1 Å². The number of likely N-dealkylation sites (tertiary alicyclic amines) is 1. The molecule has 0 spiro atoms. The summed E-state index contributed by atoms with van der Waals surface area (Å²) < 4.78 is 0. The Hall–Kier alpha value is -1.55. The lowest BCUT2D eigenvalue weighted by Gasteiger charge is -2.38. The Labute approximate surface area is 87.8 Å². The lowest BCUT2D eigenvalue weighted by Crippen LogP contribution is -2.51. The molecule has 1 fully saturated rings. The monoisotopic (exact) mass is 207 g/mol. The predicted molar refractivity (Wildman–Crippen MR) is 54.6 cm³/mol. The smallest absolute Gasteiger partial charge is 0.257 e. The minimum atomic E-state index is -0.169. The summed E-state index contributed by atoms with van der Waals surface area (Å²) in [6.07, 6.45) is 0. The number of nitrogens with zero attached hydrogens (tertiary/aromatic N) is 1. The van der Waals surface area contributed by atoms with Crippen molar-refractivity contribution in [2.45, 2.75) is 0 Å². The summed E-state index contributed by atoms with van der Waals surface area (Å²) in [7, 11) is 0. The average Bonchev–Trinajstić information content (AvgIpc) is 2.16. The number of aliphatic hydroxyl groups is 1. The highest BCUT2D eigenvalue weighted by atomic mass is 16.3. The predicted octanol–water partition coefficient (Wildman–Crippen LogP) is 0.457. The number of phenolic OH excluding ortho intramolecular Hbond substituents is 1. The first-order valence-electron chi connectivity index (χ1n) is 4.90. The van der Waals surface area contributed by atoms with Gasteiger partial charge in [-0.05, 0) is 12.1 Å². The van der Waals surface area contributed by atoms with Crippen LogP contribution in [0.2, 0.25) is 0 Å². The molecule has 0 aliphatic carbocycles. The third-order valence-corrected chi connectivity index (χ3v) is 2.64. The number of phenols is 1. The summed E-state index contributed by atoms with van der Waals surface area (Å²) >= 11 is 0. The molecule has 2 N–H and O–H groups in total. The third kappa shape index (κ3) is 1.80. The molecule has 2 rings (SSSR count). The molecule has 0 aromatic heterocycles. The van der Waals surface area contributed by atoms with E-state index in [1.807, 2.05) is 0 Å². The molecule has 0 saturated carbocycles. The number of hydrogen-bond acceptors (Lipinski definition) is 3. The average molecular weight is 207 g/mol. The van der Waals surface area contributed by atoms with Crippen LogP contribution in [-0.2, 0) is 0 Å². The molecule has 4 nitrogen and oxygen atoms in total. The molecule has 80 valence electrons. The zero-order valence-electron chi connectivity index (χ0n) is 8.26. The van der Waals surface area contributed by atoms with Crippen LogP contribution < -0.4 is 0 Å². The molecule has 4 heteroatoms. The van der Waals surface area contributed by atoms with Gasteiger partial charge in [-0.15, -0.1) is 0 Å². The number of amides is 1. The van der Waals surface area contributed by atoms with Gasteiger partial charge in [-0.2, -0.15) is 0 Å². The first-order valence-corrected chi connectivity index (χ1v) is 4.90. The zero-order valence-corrected chi connectivity index (χ0v) is 8.26. The van der Waals surface area contributed by atoms with E-state index in [-0.39, 0.29) is 24.2 Å². The Morgan fingerprint density at radius 3 is 2.67 bits per heavy atom. The number of carbonyl (C=O) groups is 1. The topological polar surface area (TPSA) is 60.8 Å². The van der Waals surface area contributed by atoms with Crippen molar-refractivity contribution in [1.82, 2.24) is 4.90 Å². The standard InChI is InChI=1S/C11H13NO3/c13-7-8-5-12(6-8)11(15)9-3-1-2-4-10(9)14/h1-4,8,13-14H,5-7H2. The van der Waals surface area contributed by atoms with Crippen molar-refractivity contribution < 1.29 is 15.0 Å². The first-order chi connectivity index (χ1) is 7.22. The number of aromatic hydroxyl groups is 1. The highest BCUT2D eigenvalue weighted by Crippen LogP contribution is 2.22. The van der Waals surface area contributed by atoms with Crippen molar-refractivity contribution in [3.63, 3.8) is 0 Å². The van der Waals surface area contributed by atoms with Crippen LogP contribution in [0, 0.1) is 5.92 Å². The lowest BCUT2D eigenvalue weighted by atomic mass is 10.00. The van der Waals surface area contributed by atoms with Crippen molar-refractivity contribution in [3.05, 3.63) is 29.8 Å². The lowest BCUT2D eigenvalue weighted by molar-refractivity contribution is 0.0359. The molecule has 0 radical (unpaired) electrons. The van der Waals surface area contributed by atoms with Crippen LogP contribution in [0.5, 0.6) is 5.75 Å². The second kappa shape index (κ2) is 3.90. The van der Waals surface area contributed by atoms with Crippen molar-refractivity contribution in [2.75, 3.05) is 19.7 Å². The number of rotatable bonds is 2. The molecule has 15 heavy (non-hydrogen) atoms. The second-order valence-electron chi connectivity index (χ2n) is 3.78. The molecule has 0 atom stereocenters. The minimum absolute atomic E-state index is 0.00921. The Balaban J connectivity index is 2.07. The van der Waals surface area contributed by atoms with E-state index in [9.17, 15) is 9.90 Å². The molecule has 1 aromatic rings. The van der Waals surface area contributed by atoms with Crippen molar-refractivity contribution in [3.8, 4) is 5.75 Å². The van der Waals surface area contributed by atoms with Gasteiger partial charge in [-0.1, -0.05) is 12.1 Å². The van der Waals surface area contributed by atoms with Gasteiger partial charge in [-0.25, -0.2) is 0 Å². The van der Waals surface area contributed by atoms with Gasteiger partial charge >= 0.3 is 0 Å². The molecule has 1 amide bonds. The molecular formula is C11H13NO3. The van der Waals surface area contributed by atoms with Crippen LogP contribution >= 0.6 is 0 Å². The van der Waals surface area contributed by atoms with Gasteiger partial charge in [0.2, 0.25) is 0 Å². The van der Waals surface area contributed by atoms with Gasteiger partial charge in [-0.3, -0.25) is 4.79 Å². The zero-order chi connectivity index (χ0) is 10.8. The van der Waals surface area contributed by atoms with E-state index < -0.39 is 0 Å². The quantitative estimate of drug-likeness (QED) is 0.740. The summed E-state index contributed by atoms with van der Waals surface area (Å²) in [6.45, 7) is 1.26. The van der Waals surface area contributed by atoms with Gasteiger partial charge in [0, 0.05) is 25.6 Å². The molecule has 0 unspecified atom stereocenters. The van der Waals surface area contributed by atoms with Crippen molar-refractivity contribution in [2.24, 2.45) is 5.92 Å². The van der Waals surface area contributed by atoms with Gasteiger partial charge < -0.3 is 15.1 Å². The molecule has 0 bridgehead atoms. The third-order valence-electron chi connectivity index (χ3n) is 2.64. The van der Waals surface area contributed by atoms with Crippen LogP contribution in [0.25, 0.3) is 0 Å². The molecule has 1 saturated heterocycles. The summed E-state index contributed by atoms with van der Waals surface area (Å²) in [5.41, 5.74) is 0.328. The highest BCUT2D eigenvalue weighted by molar-refractivity contribution is 5.97. The van der Waals surface area contributed by atoms with E-state index in [2.05, 4.69) is 0 Å². The fraction of sp³-hybridized carbons (Fsp3) is 0.364. The van der Waals surface area contributed by atoms with E-state index in [0.29, 0.717) is 18.7 Å². The first kappa shape index (κ1) is 9.98. The maximum atomic E-state index is 11.8. The molecule has 1 aromatic carbocycles. The Morgan fingerprint density at radius 2 is 2.07 bits per heavy atom. The number of hydrogen-bond donors (Lipinski definition) is 2. The number of para-hydroxylation sites is 1. The minimum Gasteiger partial charge on any atom is -0.507 e. The normalized spacial score (nSPS) is 16.2. The SMILES string of the molecule is O=C(c1ccccc1O)N1CC(CO)C1. The Bertz CT molecular complexity index is 372. The maximum absolute atomic E-state index is 11.8. The molecule has 1 heterocycles. The molecular weight excluding hydrogens is 194 g/mol. The fourth-order valence-corrected chi connectivity index (χ4v) is 1.68. The largest absolute Gasteiger partial charge is 0.507 e. The van der Waals surface area contributed by atoms with Crippen molar-refractivity contribution >= 4 is 5.91 Å². The summed E-state index contributed by atoms with van der Waals surface area (Å²) in [6, 6.07) is 6.50. The summed E-state index contributed by atoms with van der Waals surface area (Å²) in [5, 5.41) is 18.3. The van der Waals surface area contributed by atoms with Crippen LogP contribution in [-0.4, -0.2) is 40.7 Å². The van der Waals surface area contributed by atoms with Crippen LogP contribution in [0.1, 0.15) is 10.4 Å². The van der Waals surface area contributed by atoms with Crippen LogP contribution in [0.15, 0.2) is 24.3 Å². The van der Waals surface area contributed by atoms with E-state index >= 15 is 0 Å². The fourth-order valence-electron chi connectivity index (χ4n) is 1.68. The maximum Gasteiger partial charge on any atom is 0.257 e. The van der Waals surface area contributed by atoms with E-state index in [0.717, 1.165) is 0 Å². The van der Waals surface area contributed by atoms with Crippen LogP contribution in [0.3, 0.4) is 0 Å². The van der Waals surface area contributed by atoms with Crippen LogP contribution in [0.4, 0.5) is 0 Å². The Kier molecular flexibility index (Phi) is 2.60. The van der Waals surface area contributed by atoms with E-state index in [1.165, 1.54) is 6.07 Å². The molecule has 1 aliphatic rings. The van der Waals surface area contributed by atoms with Gasteiger partial charge in [0.15, 0.2) is 0 Å². The highest BCUT2D eigenvalue weighted by Gasteiger charge is 2.31. The number of aliphatic hydroxyl groups excluding tert-OH is 1. The Morgan fingerprint density at radius 1 is 1.40 bits per heavy atom. The molecule has 1 aliphatic heterocycles. The van der Waals surface area contributed by atoms with Gasteiger partial charge in [0.1, 0.15) is 5.75 Å². The second-order valence-corrected chi connectivity index (χ2v) is 3.78. The summed E-state index contributed by atoms with van der Waals surface area (Å²) in [4.78, 5) is 13.4. The van der Waals surface area contributed by atoms with Crippen molar-refractivity contribution in [1.29, 1.82) is 0 Å².